The minimum atomic E-state index is -0.788. The molecular formula is C30H19Br2NO2. The second-order valence-electron chi connectivity index (χ2n) is 9.37. The summed E-state index contributed by atoms with van der Waals surface area (Å²) in [4.78, 5) is 30.1. The van der Waals surface area contributed by atoms with Crippen LogP contribution in [0.25, 0.3) is 11.1 Å². The second-order valence-corrected chi connectivity index (χ2v) is 11.9. The summed E-state index contributed by atoms with van der Waals surface area (Å²) in [6, 6.07) is 33.9. The zero-order valence-corrected chi connectivity index (χ0v) is 21.7. The number of para-hydroxylation sites is 1. The molecule has 4 aromatic carbocycles. The van der Waals surface area contributed by atoms with Crippen LogP contribution in [0.5, 0.6) is 0 Å². The first-order chi connectivity index (χ1) is 17.0. The summed E-state index contributed by atoms with van der Waals surface area (Å²) >= 11 is 8.14. The summed E-state index contributed by atoms with van der Waals surface area (Å²) in [5.41, 5.74) is 6.61. The quantitative estimate of drug-likeness (QED) is 0.193. The highest BCUT2D eigenvalue weighted by atomic mass is 79.9. The number of hydrogen-bond donors (Lipinski definition) is 0. The summed E-state index contributed by atoms with van der Waals surface area (Å²) in [6.07, 6.45) is 0. The number of amides is 2. The zero-order chi connectivity index (χ0) is 23.9. The lowest BCUT2D eigenvalue weighted by molar-refractivity contribution is -0.122. The first-order valence-corrected chi connectivity index (χ1v) is 13.2. The Morgan fingerprint density at radius 1 is 0.543 bits per heavy atom. The number of nitrogens with zero attached hydrogens (tertiary/aromatic N) is 1. The van der Waals surface area contributed by atoms with Crippen molar-refractivity contribution in [3.8, 4) is 11.1 Å². The topological polar surface area (TPSA) is 37.4 Å². The molecule has 4 aliphatic rings. The van der Waals surface area contributed by atoms with Crippen molar-refractivity contribution < 1.29 is 9.59 Å². The molecule has 170 valence electrons. The van der Waals surface area contributed by atoms with Crippen LogP contribution in [-0.2, 0) is 18.2 Å². The molecular weight excluding hydrogens is 566 g/mol. The summed E-state index contributed by atoms with van der Waals surface area (Å²) in [5, 5.41) is 0. The predicted molar refractivity (Wildman–Crippen MR) is 144 cm³/mol. The molecule has 35 heavy (non-hydrogen) atoms. The van der Waals surface area contributed by atoms with Gasteiger partial charge in [0.1, 0.15) is 0 Å². The van der Waals surface area contributed by atoms with Gasteiger partial charge in [-0.05, 0) is 33.9 Å². The monoisotopic (exact) mass is 583 g/mol. The maximum Gasteiger partial charge on any atom is 0.239 e. The zero-order valence-electron chi connectivity index (χ0n) is 18.5. The fourth-order valence-electron chi connectivity index (χ4n) is 6.44. The van der Waals surface area contributed by atoms with Gasteiger partial charge in [0.2, 0.25) is 11.8 Å². The van der Waals surface area contributed by atoms with Gasteiger partial charge in [0.05, 0.1) is 26.2 Å². The molecule has 0 N–H and O–H groups in total. The van der Waals surface area contributed by atoms with Crippen molar-refractivity contribution in [2.45, 2.75) is 8.65 Å². The molecule has 2 amide bonds. The largest absolute Gasteiger partial charge is 0.274 e. The molecule has 0 unspecified atom stereocenters. The number of benzene rings is 4. The van der Waals surface area contributed by atoms with Crippen molar-refractivity contribution in [2.24, 2.45) is 11.8 Å². The van der Waals surface area contributed by atoms with Crippen LogP contribution in [0.15, 0.2) is 103 Å². The van der Waals surface area contributed by atoms with Gasteiger partial charge in [-0.2, -0.15) is 0 Å². The summed E-state index contributed by atoms with van der Waals surface area (Å²) in [6.45, 7) is 0. The standard InChI is InChI=1S/C30H19Br2NO2/c31-29-20-13-5-6-14-21(20)30(32,23-16-8-7-15-22(23)29)26-25(29)27(34)33(28(26)35)24-17-9-4-12-19(24)18-10-2-1-3-11-18/h1-17,25-26H/t25-,26-,29?,30?/m1/s1. The van der Waals surface area contributed by atoms with Gasteiger partial charge in [0.25, 0.3) is 0 Å². The van der Waals surface area contributed by atoms with Gasteiger partial charge in [-0.15, -0.1) is 0 Å². The first-order valence-electron chi connectivity index (χ1n) is 11.6. The third-order valence-corrected chi connectivity index (χ3v) is 10.5. The van der Waals surface area contributed by atoms with Gasteiger partial charge in [0, 0.05) is 5.56 Å². The third-order valence-electron chi connectivity index (χ3n) is 7.82. The highest BCUT2D eigenvalue weighted by molar-refractivity contribution is 9.10. The minimum absolute atomic E-state index is 0.173. The van der Waals surface area contributed by atoms with E-state index >= 15 is 0 Å². The fraction of sp³-hybridized carbons (Fsp3) is 0.133. The molecule has 8 rings (SSSR count). The van der Waals surface area contributed by atoms with E-state index in [0.29, 0.717) is 5.69 Å². The van der Waals surface area contributed by atoms with Crippen LogP contribution in [0.3, 0.4) is 0 Å². The molecule has 4 aromatic rings. The summed E-state index contributed by atoms with van der Waals surface area (Å²) < 4.78 is -1.58. The Morgan fingerprint density at radius 3 is 1.43 bits per heavy atom. The Hall–Kier alpha value is -3.02. The van der Waals surface area contributed by atoms with E-state index in [1.807, 2.05) is 78.9 Å². The normalized spacial score (nSPS) is 28.0. The second kappa shape index (κ2) is 7.25. The highest BCUT2D eigenvalue weighted by Crippen LogP contribution is 2.71. The van der Waals surface area contributed by atoms with Crippen LogP contribution in [0.4, 0.5) is 5.69 Å². The van der Waals surface area contributed by atoms with E-state index in [1.165, 1.54) is 4.90 Å². The van der Waals surface area contributed by atoms with Crippen LogP contribution >= 0.6 is 31.9 Å². The van der Waals surface area contributed by atoms with Crippen molar-refractivity contribution in [1.82, 2.24) is 0 Å². The van der Waals surface area contributed by atoms with E-state index in [0.717, 1.165) is 33.4 Å². The van der Waals surface area contributed by atoms with Crippen molar-refractivity contribution in [3.05, 3.63) is 125 Å². The van der Waals surface area contributed by atoms with Crippen LogP contribution in [0.2, 0.25) is 0 Å². The van der Waals surface area contributed by atoms with Crippen molar-refractivity contribution in [3.63, 3.8) is 0 Å². The third kappa shape index (κ3) is 2.50. The van der Waals surface area contributed by atoms with Crippen molar-refractivity contribution in [1.29, 1.82) is 0 Å². The maximum atomic E-state index is 14.3. The van der Waals surface area contributed by atoms with Gasteiger partial charge in [-0.1, -0.05) is 129 Å². The molecule has 5 heteroatoms. The molecule has 2 bridgehead atoms. The van der Waals surface area contributed by atoms with Gasteiger partial charge in [-0.25, -0.2) is 4.90 Å². The maximum absolute atomic E-state index is 14.3. The summed E-state index contributed by atoms with van der Waals surface area (Å²) in [7, 11) is 0. The first kappa shape index (κ1) is 21.3. The van der Waals surface area contributed by atoms with E-state index in [1.54, 1.807) is 0 Å². The Kier molecular flexibility index (Phi) is 4.41. The number of anilines is 1. The minimum Gasteiger partial charge on any atom is -0.274 e. The number of rotatable bonds is 2. The van der Waals surface area contributed by atoms with Crippen molar-refractivity contribution in [2.75, 3.05) is 4.90 Å². The molecule has 1 saturated heterocycles. The average molecular weight is 585 g/mol. The SMILES string of the molecule is O=C1[C@H]2[C@H](C(=O)N1c1ccccc1-c1ccccc1)C1(Br)c3ccccc3C2(Br)c2ccccc21. The molecule has 3 nitrogen and oxygen atoms in total. The van der Waals surface area contributed by atoms with Gasteiger partial charge >= 0.3 is 0 Å². The van der Waals surface area contributed by atoms with Crippen LogP contribution in [-0.4, -0.2) is 11.8 Å². The van der Waals surface area contributed by atoms with E-state index in [4.69, 9.17) is 0 Å². The Bertz CT molecular complexity index is 1430. The molecule has 1 aliphatic heterocycles. The van der Waals surface area contributed by atoms with E-state index in [2.05, 4.69) is 56.1 Å². The molecule has 1 fully saturated rings. The number of imide groups is 1. The molecule has 0 aromatic heterocycles. The smallest absolute Gasteiger partial charge is 0.239 e. The van der Waals surface area contributed by atoms with Gasteiger partial charge in [-0.3, -0.25) is 9.59 Å². The number of halogens is 2. The Balaban J connectivity index is 1.49. The average Bonchev–Trinajstić information content (AvgIpc) is 3.18. The van der Waals surface area contributed by atoms with Crippen LogP contribution < -0.4 is 4.90 Å². The number of carbonyl (C=O) groups excluding carboxylic acids is 2. The van der Waals surface area contributed by atoms with E-state index in [9.17, 15) is 9.59 Å². The predicted octanol–water partition coefficient (Wildman–Crippen LogP) is 6.76. The molecule has 2 atom stereocenters. The number of carbonyl (C=O) groups is 2. The van der Waals surface area contributed by atoms with Gasteiger partial charge in [0.15, 0.2) is 0 Å². The molecule has 1 heterocycles. The molecule has 3 aliphatic carbocycles. The highest BCUT2D eigenvalue weighted by Gasteiger charge is 2.72. The molecule has 0 spiro atoms. The van der Waals surface area contributed by atoms with Crippen LogP contribution in [0, 0.1) is 11.8 Å². The van der Waals surface area contributed by atoms with Gasteiger partial charge < -0.3 is 0 Å². The number of alkyl halides is 2. The Labute approximate surface area is 220 Å². The lowest BCUT2D eigenvalue weighted by atomic mass is 9.54. The molecule has 0 radical (unpaired) electrons. The van der Waals surface area contributed by atoms with E-state index in [-0.39, 0.29) is 11.8 Å². The summed E-state index contributed by atoms with van der Waals surface area (Å²) in [5.74, 6) is -1.51. The molecule has 0 saturated carbocycles. The van der Waals surface area contributed by atoms with E-state index < -0.39 is 20.5 Å². The number of hydrogen-bond acceptors (Lipinski definition) is 2. The fourth-order valence-corrected chi connectivity index (χ4v) is 8.74. The lowest BCUT2D eigenvalue weighted by Gasteiger charge is -2.55. The Morgan fingerprint density at radius 2 is 0.943 bits per heavy atom. The lowest BCUT2D eigenvalue weighted by Crippen LogP contribution is -2.56. The van der Waals surface area contributed by atoms with Crippen molar-refractivity contribution >= 4 is 49.4 Å². The van der Waals surface area contributed by atoms with Crippen LogP contribution in [0.1, 0.15) is 22.3 Å².